The molecule has 0 aliphatic rings. The topological polar surface area (TPSA) is 75.4 Å². The van der Waals surface area contributed by atoms with E-state index >= 15 is 0 Å². The quantitative estimate of drug-likeness (QED) is 0.906. The van der Waals surface area contributed by atoms with Crippen molar-refractivity contribution in [2.75, 3.05) is 6.61 Å². The smallest absolute Gasteiger partial charge is 0.356 e. The number of carbonyl (C=O) groups is 1. The van der Waals surface area contributed by atoms with Gasteiger partial charge < -0.3 is 10.2 Å². The zero-order valence-electron chi connectivity index (χ0n) is 12.5. The molecule has 0 saturated carbocycles. The lowest BCUT2D eigenvalue weighted by atomic mass is 9.86. The minimum Gasteiger partial charge on any atom is -0.476 e. The fraction of sp³-hybridized carbons (Fsp3) is 0.375. The first kappa shape index (κ1) is 15.3. The Kier molecular flexibility index (Phi) is 4.14. The number of benzene rings is 1. The van der Waals surface area contributed by atoms with E-state index in [9.17, 15) is 9.90 Å². The van der Waals surface area contributed by atoms with Gasteiger partial charge in [0.05, 0.1) is 5.69 Å². The van der Waals surface area contributed by atoms with Crippen LogP contribution in [-0.2, 0) is 11.8 Å². The van der Waals surface area contributed by atoms with Crippen molar-refractivity contribution in [2.45, 2.75) is 32.6 Å². The average molecular weight is 288 g/mol. The Morgan fingerprint density at radius 1 is 1.29 bits per heavy atom. The third-order valence-corrected chi connectivity index (χ3v) is 3.33. The molecule has 0 amide bonds. The second-order valence-corrected chi connectivity index (χ2v) is 5.99. The molecular formula is C16H20N2O3. The van der Waals surface area contributed by atoms with Crippen molar-refractivity contribution in [1.29, 1.82) is 0 Å². The number of aromatic carboxylic acids is 1. The normalized spacial score (nSPS) is 11.6. The van der Waals surface area contributed by atoms with Crippen LogP contribution in [0.5, 0.6) is 0 Å². The highest BCUT2D eigenvalue weighted by atomic mass is 16.4. The van der Waals surface area contributed by atoms with Gasteiger partial charge in [-0.1, -0.05) is 39.0 Å². The number of aromatic nitrogens is 2. The predicted octanol–water partition coefficient (Wildman–Crippen LogP) is 2.40. The zero-order valence-corrected chi connectivity index (χ0v) is 12.5. The Morgan fingerprint density at radius 2 is 1.95 bits per heavy atom. The fourth-order valence-corrected chi connectivity index (χ4v) is 2.32. The van der Waals surface area contributed by atoms with Gasteiger partial charge in [0.15, 0.2) is 5.69 Å². The molecule has 0 atom stereocenters. The Labute approximate surface area is 123 Å². The largest absolute Gasteiger partial charge is 0.476 e. The molecule has 5 nitrogen and oxygen atoms in total. The summed E-state index contributed by atoms with van der Waals surface area (Å²) in [6, 6.07) is 7.80. The van der Waals surface area contributed by atoms with Gasteiger partial charge in [-0.25, -0.2) is 9.48 Å². The van der Waals surface area contributed by atoms with Gasteiger partial charge in [0.25, 0.3) is 0 Å². The molecule has 2 N–H and O–H groups in total. The summed E-state index contributed by atoms with van der Waals surface area (Å²) < 4.78 is 1.59. The Morgan fingerprint density at radius 3 is 2.52 bits per heavy atom. The molecule has 0 unspecified atom stereocenters. The van der Waals surface area contributed by atoms with Crippen LogP contribution in [0.2, 0.25) is 0 Å². The van der Waals surface area contributed by atoms with Crippen LogP contribution in [0.3, 0.4) is 0 Å². The number of nitrogens with zero attached hydrogens (tertiary/aromatic N) is 2. The summed E-state index contributed by atoms with van der Waals surface area (Å²) in [5.41, 5.74) is 2.39. The molecule has 1 heterocycles. The van der Waals surface area contributed by atoms with E-state index in [4.69, 9.17) is 5.11 Å². The molecule has 0 fully saturated rings. The summed E-state index contributed by atoms with van der Waals surface area (Å²) in [5, 5.41) is 22.5. The Bertz CT molecular complexity index is 654. The second-order valence-electron chi connectivity index (χ2n) is 5.99. The number of aliphatic hydroxyl groups is 1. The van der Waals surface area contributed by atoms with E-state index in [1.54, 1.807) is 10.9 Å². The van der Waals surface area contributed by atoms with Gasteiger partial charge >= 0.3 is 5.97 Å². The standard InChI is InChI=1S/C16H20N2O3/c1-16(2,3)12-6-4-5-7-13(12)18-10-11(8-9-19)14(17-18)15(20)21/h4-7,10,19H,8-9H2,1-3H3,(H,20,21). The lowest BCUT2D eigenvalue weighted by molar-refractivity contribution is 0.0688. The lowest BCUT2D eigenvalue weighted by Crippen LogP contribution is -2.15. The van der Waals surface area contributed by atoms with E-state index in [1.165, 1.54) is 0 Å². The van der Waals surface area contributed by atoms with Crippen LogP contribution in [0.25, 0.3) is 5.69 Å². The lowest BCUT2D eigenvalue weighted by Gasteiger charge is -2.22. The summed E-state index contributed by atoms with van der Waals surface area (Å²) in [6.07, 6.45) is 1.96. The highest BCUT2D eigenvalue weighted by Gasteiger charge is 2.21. The maximum atomic E-state index is 11.3. The van der Waals surface area contributed by atoms with Crippen molar-refractivity contribution in [1.82, 2.24) is 9.78 Å². The van der Waals surface area contributed by atoms with Crippen LogP contribution in [0.15, 0.2) is 30.5 Å². The van der Waals surface area contributed by atoms with Gasteiger partial charge in [-0.05, 0) is 23.5 Å². The summed E-state index contributed by atoms with van der Waals surface area (Å²) >= 11 is 0. The molecular weight excluding hydrogens is 268 g/mol. The number of hydrogen-bond acceptors (Lipinski definition) is 3. The molecule has 112 valence electrons. The monoisotopic (exact) mass is 288 g/mol. The highest BCUT2D eigenvalue weighted by Crippen LogP contribution is 2.28. The third-order valence-electron chi connectivity index (χ3n) is 3.33. The van der Waals surface area contributed by atoms with E-state index < -0.39 is 5.97 Å². The number of carboxylic acid groups (broad SMARTS) is 1. The first-order valence-corrected chi connectivity index (χ1v) is 6.87. The van der Waals surface area contributed by atoms with Crippen LogP contribution in [0.4, 0.5) is 0 Å². The maximum absolute atomic E-state index is 11.3. The van der Waals surface area contributed by atoms with Gasteiger partial charge in [-0.15, -0.1) is 0 Å². The fourth-order valence-electron chi connectivity index (χ4n) is 2.32. The van der Waals surface area contributed by atoms with Crippen LogP contribution in [0, 0.1) is 0 Å². The molecule has 1 aromatic carbocycles. The van der Waals surface area contributed by atoms with E-state index in [0.717, 1.165) is 11.3 Å². The average Bonchev–Trinajstić information content (AvgIpc) is 2.82. The van der Waals surface area contributed by atoms with Crippen LogP contribution in [-0.4, -0.2) is 32.6 Å². The number of carboxylic acids is 1. The van der Waals surface area contributed by atoms with Gasteiger partial charge in [-0.3, -0.25) is 0 Å². The van der Waals surface area contributed by atoms with Crippen molar-refractivity contribution in [3.05, 3.63) is 47.3 Å². The molecule has 0 spiro atoms. The zero-order chi connectivity index (χ0) is 15.6. The molecule has 0 aliphatic heterocycles. The molecule has 2 rings (SSSR count). The van der Waals surface area contributed by atoms with Crippen molar-refractivity contribution < 1.29 is 15.0 Å². The van der Waals surface area contributed by atoms with Gasteiger partial charge in [0, 0.05) is 18.4 Å². The SMILES string of the molecule is CC(C)(C)c1ccccc1-n1cc(CCO)c(C(=O)O)n1. The highest BCUT2D eigenvalue weighted by molar-refractivity contribution is 5.87. The first-order chi connectivity index (χ1) is 9.84. The van der Waals surface area contributed by atoms with Crippen LogP contribution in [0.1, 0.15) is 42.4 Å². The van der Waals surface area contributed by atoms with E-state index in [-0.39, 0.29) is 24.1 Å². The molecule has 1 aromatic heterocycles. The Hall–Kier alpha value is -2.14. The van der Waals surface area contributed by atoms with Gasteiger partial charge in [-0.2, -0.15) is 5.10 Å². The van der Waals surface area contributed by atoms with Crippen molar-refractivity contribution in [2.24, 2.45) is 0 Å². The van der Waals surface area contributed by atoms with Crippen LogP contribution < -0.4 is 0 Å². The van der Waals surface area contributed by atoms with E-state index in [0.29, 0.717) is 5.56 Å². The van der Waals surface area contributed by atoms with Crippen LogP contribution >= 0.6 is 0 Å². The maximum Gasteiger partial charge on any atom is 0.356 e. The number of para-hydroxylation sites is 1. The third kappa shape index (κ3) is 3.13. The number of hydrogen-bond donors (Lipinski definition) is 2. The minimum absolute atomic E-state index is 0.00670. The van der Waals surface area contributed by atoms with E-state index in [2.05, 4.69) is 25.9 Å². The predicted molar refractivity (Wildman–Crippen MR) is 80.0 cm³/mol. The first-order valence-electron chi connectivity index (χ1n) is 6.87. The van der Waals surface area contributed by atoms with E-state index in [1.807, 2.05) is 24.3 Å². The second kappa shape index (κ2) is 5.69. The van der Waals surface area contributed by atoms with Crippen molar-refractivity contribution in [3.63, 3.8) is 0 Å². The summed E-state index contributed by atoms with van der Waals surface area (Å²) in [4.78, 5) is 11.3. The summed E-state index contributed by atoms with van der Waals surface area (Å²) in [7, 11) is 0. The Balaban J connectivity index is 2.58. The number of aliphatic hydroxyl groups excluding tert-OH is 1. The summed E-state index contributed by atoms with van der Waals surface area (Å²) in [6.45, 7) is 6.19. The summed E-state index contributed by atoms with van der Waals surface area (Å²) in [5.74, 6) is -1.08. The molecule has 0 aliphatic carbocycles. The minimum atomic E-state index is -1.08. The van der Waals surface area contributed by atoms with Crippen molar-refractivity contribution >= 4 is 5.97 Å². The molecule has 2 aromatic rings. The molecule has 0 saturated heterocycles. The molecule has 21 heavy (non-hydrogen) atoms. The molecule has 0 bridgehead atoms. The molecule has 5 heteroatoms. The number of rotatable bonds is 4. The van der Waals surface area contributed by atoms with Crippen molar-refractivity contribution in [3.8, 4) is 5.69 Å². The van der Waals surface area contributed by atoms with Gasteiger partial charge in [0.1, 0.15) is 0 Å². The molecule has 0 radical (unpaired) electrons. The van der Waals surface area contributed by atoms with Gasteiger partial charge in [0.2, 0.25) is 0 Å².